The zero-order chi connectivity index (χ0) is 13.8. The molecule has 6 heteroatoms. The number of hydrogen-bond donors (Lipinski definition) is 0. The summed E-state index contributed by atoms with van der Waals surface area (Å²) >= 11 is 5.83. The van der Waals surface area contributed by atoms with E-state index in [1.54, 1.807) is 6.20 Å². The monoisotopic (exact) mass is 289 g/mol. The fourth-order valence-electron chi connectivity index (χ4n) is 2.38. The molecule has 0 saturated carbocycles. The molecule has 0 radical (unpaired) electrons. The number of hydrogen-bond acceptors (Lipinski definition) is 5. The molecule has 0 spiro atoms. The van der Waals surface area contributed by atoms with Crippen molar-refractivity contribution in [2.45, 2.75) is 6.54 Å². The fourth-order valence-corrected chi connectivity index (χ4v) is 2.53. The van der Waals surface area contributed by atoms with Gasteiger partial charge in [0.15, 0.2) is 0 Å². The first-order valence-electron chi connectivity index (χ1n) is 6.66. The van der Waals surface area contributed by atoms with Gasteiger partial charge in [-0.05, 0) is 35.4 Å². The Morgan fingerprint density at radius 3 is 2.45 bits per heavy atom. The Kier molecular flexibility index (Phi) is 4.08. The minimum absolute atomic E-state index is 0.307. The van der Waals surface area contributed by atoms with E-state index in [2.05, 4.69) is 36.9 Å². The van der Waals surface area contributed by atoms with E-state index in [0.29, 0.717) is 5.28 Å². The van der Waals surface area contributed by atoms with Crippen molar-refractivity contribution in [1.82, 2.24) is 19.9 Å². The number of halogens is 1. The fraction of sp³-hybridized carbons (Fsp3) is 0.357. The Morgan fingerprint density at radius 2 is 1.75 bits per heavy atom. The van der Waals surface area contributed by atoms with Gasteiger partial charge in [0.1, 0.15) is 5.82 Å². The zero-order valence-electron chi connectivity index (χ0n) is 11.1. The minimum Gasteiger partial charge on any atom is -0.354 e. The van der Waals surface area contributed by atoms with Gasteiger partial charge < -0.3 is 4.90 Å². The Balaban J connectivity index is 1.57. The SMILES string of the molecule is Clc1nccc(N2CCN(Cc3ccncc3)CC2)n1. The lowest BCUT2D eigenvalue weighted by Crippen LogP contribution is -2.46. The predicted octanol–water partition coefficient (Wildman–Crippen LogP) is 1.85. The third-order valence-electron chi connectivity index (χ3n) is 3.46. The first-order chi connectivity index (χ1) is 9.81. The van der Waals surface area contributed by atoms with Crippen LogP contribution >= 0.6 is 11.6 Å². The van der Waals surface area contributed by atoms with Crippen molar-refractivity contribution >= 4 is 17.4 Å². The molecule has 0 unspecified atom stereocenters. The third kappa shape index (κ3) is 3.23. The molecule has 0 amide bonds. The van der Waals surface area contributed by atoms with Gasteiger partial charge >= 0.3 is 0 Å². The summed E-state index contributed by atoms with van der Waals surface area (Å²) in [4.78, 5) is 16.9. The summed E-state index contributed by atoms with van der Waals surface area (Å²) in [6.07, 6.45) is 5.39. The molecule has 1 fully saturated rings. The third-order valence-corrected chi connectivity index (χ3v) is 3.65. The number of anilines is 1. The van der Waals surface area contributed by atoms with Crippen LogP contribution in [0.3, 0.4) is 0 Å². The Bertz CT molecular complexity index is 555. The predicted molar refractivity (Wildman–Crippen MR) is 78.8 cm³/mol. The number of aromatic nitrogens is 3. The lowest BCUT2D eigenvalue weighted by atomic mass is 10.2. The van der Waals surface area contributed by atoms with Crippen LogP contribution in [0.1, 0.15) is 5.56 Å². The van der Waals surface area contributed by atoms with Crippen molar-refractivity contribution in [2.75, 3.05) is 31.1 Å². The van der Waals surface area contributed by atoms with E-state index in [4.69, 9.17) is 11.6 Å². The van der Waals surface area contributed by atoms with Crippen molar-refractivity contribution in [3.63, 3.8) is 0 Å². The van der Waals surface area contributed by atoms with Crippen LogP contribution < -0.4 is 4.90 Å². The van der Waals surface area contributed by atoms with E-state index >= 15 is 0 Å². The average Bonchev–Trinajstić information content (AvgIpc) is 2.49. The highest BCUT2D eigenvalue weighted by molar-refractivity contribution is 6.28. The highest BCUT2D eigenvalue weighted by atomic mass is 35.5. The molecule has 1 saturated heterocycles. The second-order valence-electron chi connectivity index (χ2n) is 4.80. The van der Waals surface area contributed by atoms with Crippen LogP contribution in [0.15, 0.2) is 36.8 Å². The van der Waals surface area contributed by atoms with Gasteiger partial charge in [-0.3, -0.25) is 9.88 Å². The lowest BCUT2D eigenvalue weighted by Gasteiger charge is -2.35. The van der Waals surface area contributed by atoms with Gasteiger partial charge in [-0.2, -0.15) is 0 Å². The highest BCUT2D eigenvalue weighted by Crippen LogP contribution is 2.15. The number of rotatable bonds is 3. The number of piperazine rings is 1. The molecule has 1 aliphatic rings. The largest absolute Gasteiger partial charge is 0.354 e. The van der Waals surface area contributed by atoms with Gasteiger partial charge in [0.2, 0.25) is 5.28 Å². The summed E-state index contributed by atoms with van der Waals surface area (Å²) < 4.78 is 0. The van der Waals surface area contributed by atoms with Gasteiger partial charge in [-0.25, -0.2) is 9.97 Å². The van der Waals surface area contributed by atoms with Crippen LogP contribution in [0.2, 0.25) is 5.28 Å². The van der Waals surface area contributed by atoms with Gasteiger partial charge in [0.05, 0.1) is 0 Å². The summed E-state index contributed by atoms with van der Waals surface area (Å²) in [5.41, 5.74) is 1.30. The summed E-state index contributed by atoms with van der Waals surface area (Å²) in [5.74, 6) is 0.911. The van der Waals surface area contributed by atoms with Gasteiger partial charge in [0.25, 0.3) is 0 Å². The van der Waals surface area contributed by atoms with Crippen molar-refractivity contribution in [1.29, 1.82) is 0 Å². The molecule has 0 aliphatic carbocycles. The standard InChI is InChI=1S/C14H16ClN5/c15-14-17-6-3-13(18-14)20-9-7-19(8-10-20)11-12-1-4-16-5-2-12/h1-6H,7-11H2. The quantitative estimate of drug-likeness (QED) is 0.807. The first-order valence-corrected chi connectivity index (χ1v) is 7.04. The first kappa shape index (κ1) is 13.3. The minimum atomic E-state index is 0.307. The van der Waals surface area contributed by atoms with Crippen LogP contribution in [0.4, 0.5) is 5.82 Å². The number of pyridine rings is 1. The van der Waals surface area contributed by atoms with E-state index in [1.165, 1.54) is 5.56 Å². The van der Waals surface area contributed by atoms with E-state index < -0.39 is 0 Å². The van der Waals surface area contributed by atoms with Crippen LogP contribution in [-0.2, 0) is 6.54 Å². The maximum atomic E-state index is 5.83. The molecule has 2 aromatic heterocycles. The highest BCUT2D eigenvalue weighted by Gasteiger charge is 2.18. The Hall–Kier alpha value is -1.72. The molecule has 0 N–H and O–H groups in total. The van der Waals surface area contributed by atoms with Crippen molar-refractivity contribution in [3.05, 3.63) is 47.6 Å². The average molecular weight is 290 g/mol. The number of nitrogens with zero attached hydrogens (tertiary/aromatic N) is 5. The van der Waals surface area contributed by atoms with Gasteiger partial charge in [-0.15, -0.1) is 0 Å². The van der Waals surface area contributed by atoms with Gasteiger partial charge in [0, 0.05) is 51.3 Å². The summed E-state index contributed by atoms with van der Waals surface area (Å²) in [7, 11) is 0. The van der Waals surface area contributed by atoms with Gasteiger partial charge in [-0.1, -0.05) is 0 Å². The second kappa shape index (κ2) is 6.15. The molecule has 0 aromatic carbocycles. The summed E-state index contributed by atoms with van der Waals surface area (Å²) in [6, 6.07) is 6.04. The smallest absolute Gasteiger partial charge is 0.224 e. The van der Waals surface area contributed by atoms with E-state index in [-0.39, 0.29) is 0 Å². The molecule has 5 nitrogen and oxygen atoms in total. The zero-order valence-corrected chi connectivity index (χ0v) is 11.9. The molecule has 104 valence electrons. The molecule has 1 aliphatic heterocycles. The summed E-state index contributed by atoms with van der Waals surface area (Å²) in [5, 5.41) is 0.307. The van der Waals surface area contributed by atoms with Crippen LogP contribution in [0, 0.1) is 0 Å². The topological polar surface area (TPSA) is 45.2 Å². The van der Waals surface area contributed by atoms with Crippen LogP contribution in [-0.4, -0.2) is 46.0 Å². The Morgan fingerprint density at radius 1 is 1.00 bits per heavy atom. The van der Waals surface area contributed by atoms with Crippen molar-refractivity contribution < 1.29 is 0 Å². The molecule has 20 heavy (non-hydrogen) atoms. The van der Waals surface area contributed by atoms with Crippen molar-refractivity contribution in [2.24, 2.45) is 0 Å². The van der Waals surface area contributed by atoms with Crippen LogP contribution in [0.5, 0.6) is 0 Å². The molecular weight excluding hydrogens is 274 g/mol. The van der Waals surface area contributed by atoms with E-state index in [1.807, 2.05) is 18.5 Å². The molecule has 0 atom stereocenters. The molecule has 3 rings (SSSR count). The molecule has 0 bridgehead atoms. The summed E-state index contributed by atoms with van der Waals surface area (Å²) in [6.45, 7) is 4.92. The second-order valence-corrected chi connectivity index (χ2v) is 5.14. The van der Waals surface area contributed by atoms with E-state index in [0.717, 1.165) is 38.5 Å². The molecular formula is C14H16ClN5. The lowest BCUT2D eigenvalue weighted by molar-refractivity contribution is 0.249. The molecule has 2 aromatic rings. The maximum Gasteiger partial charge on any atom is 0.224 e. The normalized spacial score (nSPS) is 16.4. The van der Waals surface area contributed by atoms with Crippen molar-refractivity contribution in [3.8, 4) is 0 Å². The van der Waals surface area contributed by atoms with Crippen LogP contribution in [0.25, 0.3) is 0 Å². The molecule has 3 heterocycles. The Labute approximate surface area is 123 Å². The van der Waals surface area contributed by atoms with E-state index in [9.17, 15) is 0 Å². The maximum absolute atomic E-state index is 5.83.